The Morgan fingerprint density at radius 1 is 1.00 bits per heavy atom. The van der Waals surface area contributed by atoms with E-state index in [1.165, 1.54) is 12.1 Å². The number of carbonyl (C=O) groups excluding carboxylic acids is 2. The maximum Gasteiger partial charge on any atom is 0.269 e. The van der Waals surface area contributed by atoms with Gasteiger partial charge in [0.25, 0.3) is 5.69 Å². The first kappa shape index (κ1) is 22.4. The van der Waals surface area contributed by atoms with Crippen LogP contribution in [0.4, 0.5) is 11.4 Å². The Hall–Kier alpha value is -4.06. The van der Waals surface area contributed by atoms with Crippen molar-refractivity contribution in [3.63, 3.8) is 0 Å². The van der Waals surface area contributed by atoms with Crippen LogP contribution in [0.1, 0.15) is 41.9 Å². The van der Waals surface area contributed by atoms with Crippen LogP contribution in [0.2, 0.25) is 0 Å². The Bertz CT molecular complexity index is 1380. The summed E-state index contributed by atoms with van der Waals surface area (Å²) < 4.78 is 0. The van der Waals surface area contributed by atoms with Crippen molar-refractivity contribution in [3.05, 3.63) is 112 Å². The first-order valence-electron chi connectivity index (χ1n) is 12.4. The van der Waals surface area contributed by atoms with E-state index in [1.54, 1.807) is 18.2 Å². The zero-order valence-electron chi connectivity index (χ0n) is 19.7. The lowest BCUT2D eigenvalue weighted by Crippen LogP contribution is -2.47. The number of nitrogens with one attached hydrogen (secondary N) is 1. The second-order valence-corrected chi connectivity index (χ2v) is 10.1. The summed E-state index contributed by atoms with van der Waals surface area (Å²) in [6.45, 7) is 0. The minimum Gasteiger partial charge on any atom is -0.325 e. The first-order valence-corrected chi connectivity index (χ1v) is 12.4. The van der Waals surface area contributed by atoms with Crippen LogP contribution in [0.15, 0.2) is 84.9 Å². The molecule has 6 heteroatoms. The summed E-state index contributed by atoms with van der Waals surface area (Å²) in [5.74, 6) is -1.05. The van der Waals surface area contributed by atoms with Gasteiger partial charge in [-0.25, -0.2) is 0 Å². The number of benzene rings is 3. The second kappa shape index (κ2) is 8.55. The quantitative estimate of drug-likeness (QED) is 0.281. The number of nitrogens with zero attached hydrogens (tertiary/aromatic N) is 1. The van der Waals surface area contributed by atoms with Crippen molar-refractivity contribution in [1.82, 2.24) is 0 Å². The summed E-state index contributed by atoms with van der Waals surface area (Å²) in [4.78, 5) is 39.4. The molecule has 1 spiro atoms. The van der Waals surface area contributed by atoms with Crippen molar-refractivity contribution in [2.75, 3.05) is 5.32 Å². The summed E-state index contributed by atoms with van der Waals surface area (Å²) >= 11 is 0. The van der Waals surface area contributed by atoms with Crippen molar-refractivity contribution in [1.29, 1.82) is 0 Å². The Labute approximate surface area is 209 Å². The van der Waals surface area contributed by atoms with Crippen LogP contribution < -0.4 is 5.32 Å². The lowest BCUT2D eigenvalue weighted by atomic mass is 9.64. The maximum absolute atomic E-state index is 14.2. The number of amides is 1. The largest absolute Gasteiger partial charge is 0.325 e. The lowest BCUT2D eigenvalue weighted by Gasteiger charge is -2.34. The van der Waals surface area contributed by atoms with E-state index in [1.807, 2.05) is 60.7 Å². The van der Waals surface area contributed by atoms with E-state index < -0.39 is 16.3 Å². The number of allylic oxidation sites excluding steroid dienone is 1. The summed E-state index contributed by atoms with van der Waals surface area (Å²) in [7, 11) is 0. The molecule has 6 rings (SSSR count). The van der Waals surface area contributed by atoms with Gasteiger partial charge in [-0.3, -0.25) is 19.7 Å². The zero-order chi connectivity index (χ0) is 24.9. The molecule has 3 aromatic rings. The third-order valence-corrected chi connectivity index (χ3v) is 8.48. The Kier molecular flexibility index (Phi) is 5.32. The number of anilines is 1. The Morgan fingerprint density at radius 3 is 2.44 bits per heavy atom. The molecule has 6 nitrogen and oxygen atoms in total. The van der Waals surface area contributed by atoms with E-state index in [4.69, 9.17) is 0 Å². The highest BCUT2D eigenvalue weighted by Gasteiger charge is 2.69. The fourth-order valence-electron chi connectivity index (χ4n) is 7.23. The van der Waals surface area contributed by atoms with Crippen LogP contribution in [0.3, 0.4) is 0 Å². The van der Waals surface area contributed by atoms with Gasteiger partial charge in [-0.05, 0) is 59.4 Å². The van der Waals surface area contributed by atoms with Gasteiger partial charge >= 0.3 is 0 Å². The SMILES string of the molecule is O=C(C=Cc1ccccc1)C1C(c2ccccc2)C2CCCC2C12C(=O)Nc1ccc([N+](=O)[O-])cc12. The molecule has 1 heterocycles. The van der Waals surface area contributed by atoms with Crippen LogP contribution in [0.5, 0.6) is 0 Å². The molecular formula is C30H26N2O4. The molecule has 1 amide bonds. The van der Waals surface area contributed by atoms with Gasteiger partial charge in [0.05, 0.1) is 10.3 Å². The van der Waals surface area contributed by atoms with Gasteiger partial charge in [0.1, 0.15) is 0 Å². The molecule has 2 saturated carbocycles. The highest BCUT2D eigenvalue weighted by atomic mass is 16.6. The van der Waals surface area contributed by atoms with Gasteiger partial charge in [0.2, 0.25) is 5.91 Å². The summed E-state index contributed by atoms with van der Waals surface area (Å²) in [5.41, 5.74) is 1.93. The topological polar surface area (TPSA) is 89.3 Å². The molecule has 1 N–H and O–H groups in total. The molecular weight excluding hydrogens is 452 g/mol. The van der Waals surface area contributed by atoms with Crippen LogP contribution in [0.25, 0.3) is 6.08 Å². The Balaban J connectivity index is 1.56. The monoisotopic (exact) mass is 478 g/mol. The fourth-order valence-corrected chi connectivity index (χ4v) is 7.23. The minimum atomic E-state index is -1.14. The fraction of sp³-hybridized carbons (Fsp3) is 0.267. The third-order valence-electron chi connectivity index (χ3n) is 8.48. The third kappa shape index (κ3) is 3.24. The maximum atomic E-state index is 14.2. The average Bonchev–Trinajstić information content (AvgIpc) is 3.56. The van der Waals surface area contributed by atoms with E-state index in [9.17, 15) is 19.7 Å². The molecule has 2 aliphatic carbocycles. The summed E-state index contributed by atoms with van der Waals surface area (Å²) in [5, 5.41) is 14.7. The van der Waals surface area contributed by atoms with Crippen molar-refractivity contribution >= 4 is 29.1 Å². The van der Waals surface area contributed by atoms with Crippen molar-refractivity contribution in [2.24, 2.45) is 17.8 Å². The molecule has 5 unspecified atom stereocenters. The number of hydrogen-bond acceptors (Lipinski definition) is 4. The van der Waals surface area contributed by atoms with E-state index in [0.29, 0.717) is 11.3 Å². The number of hydrogen-bond donors (Lipinski definition) is 1. The van der Waals surface area contributed by atoms with Gasteiger partial charge in [-0.2, -0.15) is 0 Å². The molecule has 5 atom stereocenters. The van der Waals surface area contributed by atoms with Gasteiger partial charge in [-0.1, -0.05) is 73.2 Å². The average molecular weight is 479 g/mol. The molecule has 0 saturated heterocycles. The van der Waals surface area contributed by atoms with Crippen LogP contribution in [-0.4, -0.2) is 16.6 Å². The van der Waals surface area contributed by atoms with Gasteiger partial charge in [-0.15, -0.1) is 0 Å². The zero-order valence-corrected chi connectivity index (χ0v) is 19.7. The number of fused-ring (bicyclic) bond motifs is 4. The highest BCUT2D eigenvalue weighted by molar-refractivity contribution is 6.12. The normalized spacial score (nSPS) is 28.3. The molecule has 0 aromatic heterocycles. The standard InChI is InChI=1S/C30H26N2O4/c33-26(17-14-19-8-3-1-4-9-19)28-27(20-10-5-2-6-11-20)22-12-7-13-23(22)30(28)24-18-21(32(35)36)15-16-25(24)31-29(30)34/h1-6,8-11,14-18,22-23,27-28H,7,12-13H2,(H,31,34). The van der Waals surface area contributed by atoms with Gasteiger partial charge < -0.3 is 5.32 Å². The van der Waals surface area contributed by atoms with E-state index >= 15 is 0 Å². The van der Waals surface area contributed by atoms with Crippen LogP contribution >= 0.6 is 0 Å². The predicted molar refractivity (Wildman–Crippen MR) is 137 cm³/mol. The predicted octanol–water partition coefficient (Wildman–Crippen LogP) is 5.90. The Morgan fingerprint density at radius 2 is 1.72 bits per heavy atom. The first-order chi connectivity index (χ1) is 17.5. The molecule has 0 radical (unpaired) electrons. The number of carbonyl (C=O) groups is 2. The number of ketones is 1. The molecule has 180 valence electrons. The van der Waals surface area contributed by atoms with Crippen molar-refractivity contribution in [2.45, 2.75) is 30.6 Å². The summed E-state index contributed by atoms with van der Waals surface area (Å²) in [6, 6.07) is 24.1. The highest BCUT2D eigenvalue weighted by Crippen LogP contribution is 2.67. The number of non-ortho nitro benzene ring substituents is 1. The number of rotatable bonds is 5. The van der Waals surface area contributed by atoms with E-state index in [-0.39, 0.29) is 35.1 Å². The van der Waals surface area contributed by atoms with Gasteiger partial charge in [0.15, 0.2) is 5.78 Å². The molecule has 36 heavy (non-hydrogen) atoms. The molecule has 1 aliphatic heterocycles. The van der Waals surface area contributed by atoms with Crippen molar-refractivity contribution < 1.29 is 14.5 Å². The lowest BCUT2D eigenvalue weighted by molar-refractivity contribution is -0.384. The van der Waals surface area contributed by atoms with E-state index in [0.717, 1.165) is 30.4 Å². The number of nitro groups is 1. The molecule has 0 bridgehead atoms. The smallest absolute Gasteiger partial charge is 0.269 e. The van der Waals surface area contributed by atoms with Gasteiger partial charge in [0, 0.05) is 23.7 Å². The number of nitro benzene ring substituents is 1. The molecule has 3 aliphatic rings. The van der Waals surface area contributed by atoms with Crippen molar-refractivity contribution in [3.8, 4) is 0 Å². The van der Waals surface area contributed by atoms with Crippen LogP contribution in [-0.2, 0) is 15.0 Å². The molecule has 3 aromatic carbocycles. The molecule has 2 fully saturated rings. The summed E-state index contributed by atoms with van der Waals surface area (Å²) in [6.07, 6.45) is 6.11. The second-order valence-electron chi connectivity index (χ2n) is 10.1. The minimum absolute atomic E-state index is 0.0617. The van der Waals surface area contributed by atoms with Crippen LogP contribution in [0, 0.1) is 27.9 Å². The van der Waals surface area contributed by atoms with E-state index in [2.05, 4.69) is 5.32 Å².